The van der Waals surface area contributed by atoms with Crippen molar-refractivity contribution in [2.75, 3.05) is 39.2 Å². The van der Waals surface area contributed by atoms with E-state index in [1.54, 1.807) is 25.2 Å². The van der Waals surface area contributed by atoms with Crippen molar-refractivity contribution in [3.63, 3.8) is 0 Å². The third-order valence-corrected chi connectivity index (χ3v) is 5.96. The molecular formula is C23H31N5O3. The molecule has 1 saturated carbocycles. The summed E-state index contributed by atoms with van der Waals surface area (Å²) in [5.74, 6) is 0.225. The Morgan fingerprint density at radius 3 is 2.71 bits per heavy atom. The molecule has 1 aromatic heterocycles. The zero-order valence-corrected chi connectivity index (χ0v) is 18.2. The fourth-order valence-electron chi connectivity index (χ4n) is 3.94. The lowest BCUT2D eigenvalue weighted by atomic mass is 10.1. The first-order chi connectivity index (χ1) is 15.0. The number of anilines is 1. The molecule has 2 aliphatic rings. The SMILES string of the molecule is CN(C)C(=O)COC[C@@H]1C[C@H](n2cc(NC(=O)C3CC3)cn2)CN1Cc1ccccc1. The van der Waals surface area contributed by atoms with Gasteiger partial charge in [-0.15, -0.1) is 0 Å². The van der Waals surface area contributed by atoms with Crippen LogP contribution >= 0.6 is 0 Å². The largest absolute Gasteiger partial charge is 0.370 e. The van der Waals surface area contributed by atoms with E-state index in [1.165, 1.54) is 5.56 Å². The van der Waals surface area contributed by atoms with Gasteiger partial charge < -0.3 is 15.0 Å². The second-order valence-corrected chi connectivity index (χ2v) is 8.73. The van der Waals surface area contributed by atoms with E-state index in [1.807, 2.05) is 29.1 Å². The van der Waals surface area contributed by atoms with Gasteiger partial charge in [-0.05, 0) is 24.8 Å². The molecule has 2 heterocycles. The first-order valence-corrected chi connectivity index (χ1v) is 10.9. The van der Waals surface area contributed by atoms with Crippen molar-refractivity contribution in [2.24, 2.45) is 5.92 Å². The number of likely N-dealkylation sites (tertiary alicyclic amines) is 1. The van der Waals surface area contributed by atoms with Gasteiger partial charge in [-0.2, -0.15) is 5.10 Å². The summed E-state index contributed by atoms with van der Waals surface area (Å²) in [5.41, 5.74) is 2.00. The molecule has 2 aromatic rings. The summed E-state index contributed by atoms with van der Waals surface area (Å²) >= 11 is 0. The van der Waals surface area contributed by atoms with Crippen LogP contribution in [0.2, 0.25) is 0 Å². The second kappa shape index (κ2) is 9.62. The van der Waals surface area contributed by atoms with E-state index >= 15 is 0 Å². The van der Waals surface area contributed by atoms with Crippen LogP contribution in [-0.4, -0.2) is 71.3 Å². The number of hydrogen-bond acceptors (Lipinski definition) is 5. The molecule has 2 atom stereocenters. The fourth-order valence-corrected chi connectivity index (χ4v) is 3.94. The maximum atomic E-state index is 12.0. The highest BCUT2D eigenvalue weighted by atomic mass is 16.5. The molecule has 0 spiro atoms. The Morgan fingerprint density at radius 1 is 1.23 bits per heavy atom. The number of rotatable bonds is 9. The molecule has 2 fully saturated rings. The Morgan fingerprint density at radius 2 is 2.00 bits per heavy atom. The summed E-state index contributed by atoms with van der Waals surface area (Å²) < 4.78 is 7.71. The minimum Gasteiger partial charge on any atom is -0.370 e. The molecule has 2 amide bonds. The molecule has 1 aliphatic carbocycles. The van der Waals surface area contributed by atoms with Crippen LogP contribution in [0.15, 0.2) is 42.7 Å². The van der Waals surface area contributed by atoms with E-state index in [0.29, 0.717) is 6.61 Å². The van der Waals surface area contributed by atoms with Crippen LogP contribution in [0, 0.1) is 5.92 Å². The van der Waals surface area contributed by atoms with E-state index in [2.05, 4.69) is 27.4 Å². The van der Waals surface area contributed by atoms with E-state index in [0.717, 1.165) is 38.0 Å². The summed E-state index contributed by atoms with van der Waals surface area (Å²) in [7, 11) is 3.46. The van der Waals surface area contributed by atoms with E-state index in [9.17, 15) is 9.59 Å². The second-order valence-electron chi connectivity index (χ2n) is 8.73. The van der Waals surface area contributed by atoms with Gasteiger partial charge in [-0.25, -0.2) is 0 Å². The summed E-state index contributed by atoms with van der Waals surface area (Å²) in [4.78, 5) is 27.8. The van der Waals surface area contributed by atoms with Gasteiger partial charge in [0.15, 0.2) is 0 Å². The molecule has 0 bridgehead atoms. The molecule has 1 N–H and O–H groups in total. The van der Waals surface area contributed by atoms with Crippen molar-refractivity contribution in [1.82, 2.24) is 19.6 Å². The van der Waals surface area contributed by atoms with Crippen molar-refractivity contribution in [1.29, 1.82) is 0 Å². The number of hydrogen-bond donors (Lipinski definition) is 1. The minimum absolute atomic E-state index is 0.0349. The number of ether oxygens (including phenoxy) is 1. The molecule has 8 heteroatoms. The maximum absolute atomic E-state index is 12.0. The lowest BCUT2D eigenvalue weighted by molar-refractivity contribution is -0.134. The number of likely N-dealkylation sites (N-methyl/N-ethyl adjacent to an activating group) is 1. The van der Waals surface area contributed by atoms with E-state index in [4.69, 9.17) is 4.74 Å². The minimum atomic E-state index is -0.0349. The highest BCUT2D eigenvalue weighted by molar-refractivity contribution is 5.93. The Bertz CT molecular complexity index is 894. The van der Waals surface area contributed by atoms with E-state index < -0.39 is 0 Å². The van der Waals surface area contributed by atoms with Crippen molar-refractivity contribution in [3.8, 4) is 0 Å². The predicted molar refractivity (Wildman–Crippen MR) is 117 cm³/mol. The van der Waals surface area contributed by atoms with Crippen LogP contribution in [0.25, 0.3) is 0 Å². The number of carbonyl (C=O) groups is 2. The number of nitrogens with one attached hydrogen (secondary N) is 1. The standard InChI is InChI=1S/C23H31N5O3/c1-26(2)22(29)16-31-15-21-10-20(14-27(21)12-17-6-4-3-5-7-17)28-13-19(11-24-28)25-23(30)18-8-9-18/h3-7,11,13,18,20-21H,8-10,12,14-16H2,1-2H3,(H,25,30)/t20-,21-/m0/s1. The van der Waals surface area contributed by atoms with Crippen LogP contribution in [0.1, 0.15) is 30.9 Å². The summed E-state index contributed by atoms with van der Waals surface area (Å²) in [6.07, 6.45) is 6.48. The summed E-state index contributed by atoms with van der Waals surface area (Å²) in [6.45, 7) is 2.24. The van der Waals surface area contributed by atoms with Gasteiger partial charge in [-0.3, -0.25) is 19.2 Å². The number of carbonyl (C=O) groups excluding carboxylic acids is 2. The highest BCUT2D eigenvalue weighted by Crippen LogP contribution is 2.31. The normalized spacial score (nSPS) is 21.2. The lowest BCUT2D eigenvalue weighted by Crippen LogP contribution is -2.34. The average molecular weight is 426 g/mol. The summed E-state index contributed by atoms with van der Waals surface area (Å²) in [5, 5.41) is 7.48. The third-order valence-electron chi connectivity index (χ3n) is 5.96. The van der Waals surface area contributed by atoms with Crippen LogP contribution in [0.4, 0.5) is 5.69 Å². The van der Waals surface area contributed by atoms with E-state index in [-0.39, 0.29) is 36.4 Å². The Hall–Kier alpha value is -2.71. The Labute approximate surface area is 183 Å². The smallest absolute Gasteiger partial charge is 0.248 e. The molecule has 1 saturated heterocycles. The fraction of sp³-hybridized carbons (Fsp3) is 0.522. The van der Waals surface area contributed by atoms with Gasteiger partial charge in [0, 0.05) is 45.3 Å². The van der Waals surface area contributed by atoms with Gasteiger partial charge in [-0.1, -0.05) is 30.3 Å². The monoisotopic (exact) mass is 425 g/mol. The lowest BCUT2D eigenvalue weighted by Gasteiger charge is -2.24. The maximum Gasteiger partial charge on any atom is 0.248 e. The van der Waals surface area contributed by atoms with Crippen LogP contribution in [0.5, 0.6) is 0 Å². The Balaban J connectivity index is 1.40. The highest BCUT2D eigenvalue weighted by Gasteiger charge is 2.34. The predicted octanol–water partition coefficient (Wildman–Crippen LogP) is 2.15. The number of aromatic nitrogens is 2. The van der Waals surface area contributed by atoms with Crippen molar-refractivity contribution < 1.29 is 14.3 Å². The van der Waals surface area contributed by atoms with Gasteiger partial charge >= 0.3 is 0 Å². The first kappa shape index (κ1) is 21.5. The molecule has 0 radical (unpaired) electrons. The molecule has 31 heavy (non-hydrogen) atoms. The van der Waals surface area contributed by atoms with Crippen LogP contribution in [0.3, 0.4) is 0 Å². The summed E-state index contributed by atoms with van der Waals surface area (Å²) in [6, 6.07) is 10.7. The zero-order valence-electron chi connectivity index (χ0n) is 18.2. The van der Waals surface area contributed by atoms with Crippen LogP contribution < -0.4 is 5.32 Å². The number of amides is 2. The molecule has 0 unspecified atom stereocenters. The molecule has 4 rings (SSSR count). The molecule has 8 nitrogen and oxygen atoms in total. The van der Waals surface area contributed by atoms with Gasteiger partial charge in [0.1, 0.15) is 6.61 Å². The topological polar surface area (TPSA) is 79.7 Å². The third kappa shape index (κ3) is 5.71. The van der Waals surface area contributed by atoms with Crippen LogP contribution in [-0.2, 0) is 20.9 Å². The number of benzene rings is 1. The number of nitrogens with zero attached hydrogens (tertiary/aromatic N) is 4. The zero-order chi connectivity index (χ0) is 21.8. The van der Waals surface area contributed by atoms with Gasteiger partial charge in [0.05, 0.1) is 24.5 Å². The Kier molecular flexibility index (Phi) is 6.67. The first-order valence-electron chi connectivity index (χ1n) is 10.9. The molecule has 1 aliphatic heterocycles. The molecule has 1 aromatic carbocycles. The van der Waals surface area contributed by atoms with Crippen molar-refractivity contribution in [2.45, 2.75) is 37.9 Å². The quantitative estimate of drug-likeness (QED) is 0.666. The van der Waals surface area contributed by atoms with Crippen molar-refractivity contribution >= 4 is 17.5 Å². The van der Waals surface area contributed by atoms with Gasteiger partial charge in [0.2, 0.25) is 11.8 Å². The average Bonchev–Trinajstić information content (AvgIpc) is 3.40. The molecular weight excluding hydrogens is 394 g/mol. The molecule has 166 valence electrons. The van der Waals surface area contributed by atoms with Crippen molar-refractivity contribution in [3.05, 3.63) is 48.3 Å². The van der Waals surface area contributed by atoms with Gasteiger partial charge in [0.25, 0.3) is 0 Å².